The van der Waals surface area contributed by atoms with Crippen molar-refractivity contribution in [1.82, 2.24) is 10.3 Å². The lowest BCUT2D eigenvalue weighted by Crippen LogP contribution is -2.24. The van der Waals surface area contributed by atoms with E-state index in [1.807, 2.05) is 12.1 Å². The van der Waals surface area contributed by atoms with Crippen LogP contribution in [0, 0.1) is 0 Å². The van der Waals surface area contributed by atoms with Gasteiger partial charge in [0, 0.05) is 37.3 Å². The Morgan fingerprint density at radius 3 is 2.49 bits per heavy atom. The maximum absolute atomic E-state index is 14.1. The molecule has 0 radical (unpaired) electrons. The van der Waals surface area contributed by atoms with Crippen LogP contribution in [-0.4, -0.2) is 45.5 Å². The molecule has 1 atom stereocenters. The van der Waals surface area contributed by atoms with Crippen molar-refractivity contribution < 1.29 is 23.0 Å². The molecule has 1 heterocycles. The van der Waals surface area contributed by atoms with Crippen molar-refractivity contribution in [1.29, 1.82) is 0 Å². The fraction of sp³-hybridized carbons (Fsp3) is 0.444. The first kappa shape index (κ1) is 26.8. The second kappa shape index (κ2) is 13.3. The molecule has 0 spiro atoms. The molecule has 0 fully saturated rings. The molecule has 1 aromatic heterocycles. The summed E-state index contributed by atoms with van der Waals surface area (Å²) < 4.78 is 44.4. The first-order valence-corrected chi connectivity index (χ1v) is 11.9. The van der Waals surface area contributed by atoms with Gasteiger partial charge in [-0.15, -0.1) is 0 Å². The number of methoxy groups -OCH3 is 2. The Balaban J connectivity index is 1.35. The van der Waals surface area contributed by atoms with E-state index in [9.17, 15) is 13.6 Å². The van der Waals surface area contributed by atoms with E-state index in [-0.39, 0.29) is 17.2 Å². The highest BCUT2D eigenvalue weighted by Gasteiger charge is 2.31. The molecule has 0 unspecified atom stereocenters. The molecule has 0 amide bonds. The molecule has 0 aliphatic carbocycles. The number of aromatic amines is 1. The van der Waals surface area contributed by atoms with Gasteiger partial charge >= 0.3 is 0 Å². The van der Waals surface area contributed by atoms with Crippen LogP contribution in [0.25, 0.3) is 10.9 Å². The zero-order chi connectivity index (χ0) is 25.1. The molecule has 35 heavy (non-hydrogen) atoms. The van der Waals surface area contributed by atoms with Gasteiger partial charge in [0.2, 0.25) is 5.56 Å². The maximum atomic E-state index is 14.1. The summed E-state index contributed by atoms with van der Waals surface area (Å²) >= 11 is 0. The van der Waals surface area contributed by atoms with Gasteiger partial charge in [0.1, 0.15) is 12.4 Å². The number of rotatable bonds is 15. The average Bonchev–Trinajstić information content (AvgIpc) is 2.87. The summed E-state index contributed by atoms with van der Waals surface area (Å²) in [5, 5.41) is 4.31. The van der Waals surface area contributed by atoms with Crippen molar-refractivity contribution in [2.45, 2.75) is 37.7 Å². The Labute approximate surface area is 204 Å². The van der Waals surface area contributed by atoms with Crippen molar-refractivity contribution in [2.24, 2.45) is 0 Å². The van der Waals surface area contributed by atoms with Crippen LogP contribution >= 0.6 is 0 Å². The van der Waals surface area contributed by atoms with E-state index in [0.29, 0.717) is 24.4 Å². The number of H-pyrrole nitrogens is 1. The summed E-state index contributed by atoms with van der Waals surface area (Å²) in [6.45, 7) is 1.17. The number of hydrogen-bond donors (Lipinski definition) is 2. The van der Waals surface area contributed by atoms with E-state index >= 15 is 0 Å². The molecule has 0 saturated carbocycles. The minimum atomic E-state index is -2.96. The molecule has 190 valence electrons. The van der Waals surface area contributed by atoms with Gasteiger partial charge in [-0.25, -0.2) is 0 Å². The number of ether oxygens (including phenoxy) is 3. The topological polar surface area (TPSA) is 72.6 Å². The third-order valence-corrected chi connectivity index (χ3v) is 5.94. The number of alkyl halides is 2. The molecular formula is C27H34F2N2O4. The first-order valence-electron chi connectivity index (χ1n) is 11.9. The first-order chi connectivity index (χ1) is 17.0. The van der Waals surface area contributed by atoms with Gasteiger partial charge < -0.3 is 24.5 Å². The summed E-state index contributed by atoms with van der Waals surface area (Å²) in [4.78, 5) is 14.6. The van der Waals surface area contributed by atoms with Crippen molar-refractivity contribution in [2.75, 3.05) is 40.5 Å². The summed E-state index contributed by atoms with van der Waals surface area (Å²) in [5.74, 6) is -2.36. The third-order valence-electron chi connectivity index (χ3n) is 5.94. The molecule has 2 N–H and O–H groups in total. The van der Waals surface area contributed by atoms with E-state index in [2.05, 4.69) is 10.3 Å². The van der Waals surface area contributed by atoms with Crippen molar-refractivity contribution in [3.05, 3.63) is 76.1 Å². The predicted molar refractivity (Wildman–Crippen MR) is 133 cm³/mol. The Morgan fingerprint density at radius 2 is 1.74 bits per heavy atom. The molecule has 0 aliphatic rings. The number of hydrogen-bond acceptors (Lipinski definition) is 5. The Morgan fingerprint density at radius 1 is 0.971 bits per heavy atom. The highest BCUT2D eigenvalue weighted by molar-refractivity contribution is 5.87. The number of fused-ring (bicyclic) bond motifs is 1. The lowest BCUT2D eigenvalue weighted by molar-refractivity contribution is -0.0831. The second-order valence-electron chi connectivity index (χ2n) is 8.43. The molecule has 3 rings (SSSR count). The number of halogens is 2. The fourth-order valence-electron chi connectivity index (χ4n) is 4.03. The molecule has 2 aromatic carbocycles. The molecule has 0 aliphatic heterocycles. The van der Waals surface area contributed by atoms with Crippen molar-refractivity contribution in [3.63, 3.8) is 0 Å². The standard InChI is InChI=1S/C27H34F2N2O4/c1-33-23-14-12-21(22-13-15-25(32)31-26(22)23)24(34-2)18-30-16-8-3-4-9-17-35-19-27(28,29)20-10-6-5-7-11-20/h5-7,10-15,24,30H,3-4,8-9,16-19H2,1-2H3,(H,31,32)/t24-/m0/s1. The smallest absolute Gasteiger partial charge is 0.296 e. The van der Waals surface area contributed by atoms with Gasteiger partial charge in [-0.05, 0) is 37.1 Å². The van der Waals surface area contributed by atoms with E-state index in [0.717, 1.165) is 43.2 Å². The number of unbranched alkanes of at least 4 members (excludes halogenated alkanes) is 3. The zero-order valence-electron chi connectivity index (χ0n) is 20.3. The van der Waals surface area contributed by atoms with Gasteiger partial charge in [-0.3, -0.25) is 4.79 Å². The normalized spacial score (nSPS) is 12.7. The van der Waals surface area contributed by atoms with Gasteiger partial charge in [0.05, 0.1) is 18.7 Å². The molecule has 3 aromatic rings. The van der Waals surface area contributed by atoms with Crippen LogP contribution in [0.2, 0.25) is 0 Å². The molecule has 0 saturated heterocycles. The second-order valence-corrected chi connectivity index (χ2v) is 8.43. The van der Waals surface area contributed by atoms with Crippen molar-refractivity contribution >= 4 is 10.9 Å². The lowest BCUT2D eigenvalue weighted by Gasteiger charge is -2.19. The van der Waals surface area contributed by atoms with Crippen LogP contribution in [0.4, 0.5) is 8.78 Å². The fourth-order valence-corrected chi connectivity index (χ4v) is 4.03. The Kier molecular flexibility index (Phi) is 10.2. The quantitative estimate of drug-likeness (QED) is 0.288. The monoisotopic (exact) mass is 488 g/mol. The number of pyridine rings is 1. The van der Waals surface area contributed by atoms with Crippen LogP contribution < -0.4 is 15.6 Å². The van der Waals surface area contributed by atoms with E-state index in [4.69, 9.17) is 14.2 Å². The minimum Gasteiger partial charge on any atom is -0.495 e. The van der Waals surface area contributed by atoms with Crippen LogP contribution in [0.1, 0.15) is 42.9 Å². The number of nitrogens with one attached hydrogen (secondary N) is 2. The lowest BCUT2D eigenvalue weighted by atomic mass is 10.0. The molecule has 8 heteroatoms. The highest BCUT2D eigenvalue weighted by atomic mass is 19.3. The van der Waals surface area contributed by atoms with Crippen LogP contribution in [-0.2, 0) is 15.4 Å². The zero-order valence-corrected chi connectivity index (χ0v) is 20.3. The Bertz CT molecular complexity index is 1110. The van der Waals surface area contributed by atoms with Gasteiger partial charge in [-0.1, -0.05) is 49.2 Å². The van der Waals surface area contributed by atoms with Crippen molar-refractivity contribution in [3.8, 4) is 5.75 Å². The number of aromatic nitrogens is 1. The van der Waals surface area contributed by atoms with Gasteiger partial charge in [0.25, 0.3) is 5.92 Å². The van der Waals surface area contributed by atoms with Gasteiger partial charge in [-0.2, -0.15) is 8.78 Å². The summed E-state index contributed by atoms with van der Waals surface area (Å²) in [5.41, 5.74) is 1.42. The SMILES string of the molecule is COc1ccc([C@H](CNCCCCCCOCC(F)(F)c2ccccc2)OC)c2ccc(=O)[nH]c12. The van der Waals surface area contributed by atoms with Crippen LogP contribution in [0.3, 0.4) is 0 Å². The van der Waals surface area contributed by atoms with Gasteiger partial charge in [0.15, 0.2) is 0 Å². The molecule has 0 bridgehead atoms. The van der Waals surface area contributed by atoms with E-state index in [1.54, 1.807) is 38.5 Å². The van der Waals surface area contributed by atoms with Crippen LogP contribution in [0.5, 0.6) is 5.75 Å². The van der Waals surface area contributed by atoms with Crippen LogP contribution in [0.15, 0.2) is 59.4 Å². The summed E-state index contributed by atoms with van der Waals surface area (Å²) in [6, 6.07) is 14.8. The largest absolute Gasteiger partial charge is 0.495 e. The Hall–Kier alpha value is -2.81. The average molecular weight is 489 g/mol. The predicted octanol–water partition coefficient (Wildman–Crippen LogP) is 5.18. The third kappa shape index (κ3) is 7.59. The molecular weight excluding hydrogens is 454 g/mol. The highest BCUT2D eigenvalue weighted by Crippen LogP contribution is 2.30. The minimum absolute atomic E-state index is 0.0173. The summed E-state index contributed by atoms with van der Waals surface area (Å²) in [7, 11) is 3.23. The summed E-state index contributed by atoms with van der Waals surface area (Å²) in [6.07, 6.45) is 3.43. The maximum Gasteiger partial charge on any atom is 0.296 e. The number of benzene rings is 2. The molecule has 6 nitrogen and oxygen atoms in total. The van der Waals surface area contributed by atoms with E-state index in [1.165, 1.54) is 18.2 Å². The van der Waals surface area contributed by atoms with E-state index < -0.39 is 12.5 Å².